The number of benzene rings is 2. The highest BCUT2D eigenvalue weighted by molar-refractivity contribution is 5.85. The molecule has 0 radical (unpaired) electrons. The summed E-state index contributed by atoms with van der Waals surface area (Å²) in [5, 5.41) is 7.06. The monoisotopic (exact) mass is 341 g/mol. The second-order valence-corrected chi connectivity index (χ2v) is 5.58. The quantitative estimate of drug-likeness (QED) is 0.600. The molecule has 1 amide bonds. The molecule has 0 aromatic heterocycles. The first-order valence-corrected chi connectivity index (χ1v) is 7.88. The molecule has 25 heavy (non-hydrogen) atoms. The molecule has 2 aromatic rings. The molecule has 0 fully saturated rings. The minimum Gasteiger partial charge on any atom is -0.493 e. The van der Waals surface area contributed by atoms with Crippen LogP contribution >= 0.6 is 0 Å². The van der Waals surface area contributed by atoms with Crippen molar-refractivity contribution < 1.29 is 14.3 Å². The van der Waals surface area contributed by atoms with E-state index in [0.29, 0.717) is 11.5 Å². The van der Waals surface area contributed by atoms with E-state index in [0.717, 1.165) is 16.8 Å². The van der Waals surface area contributed by atoms with Gasteiger partial charge < -0.3 is 14.8 Å². The maximum atomic E-state index is 11.9. The summed E-state index contributed by atoms with van der Waals surface area (Å²) < 4.78 is 10.4. The smallest absolute Gasteiger partial charge is 0.259 e. The molecule has 0 heterocycles. The van der Waals surface area contributed by atoms with Crippen molar-refractivity contribution in [2.45, 2.75) is 13.8 Å². The van der Waals surface area contributed by atoms with Gasteiger partial charge in [-0.2, -0.15) is 5.10 Å². The molecule has 0 aliphatic carbocycles. The van der Waals surface area contributed by atoms with Crippen molar-refractivity contribution in [1.82, 2.24) is 5.43 Å². The standard InChI is InChI=1S/C19H23N3O3/c1-13-5-7-16(14(2)9-13)20-12-19(23)22-21-11-15-6-8-17(24-3)18(10-15)25-4/h5-11,20H,12H2,1-4H3,(H,22,23). The Morgan fingerprint density at radius 3 is 2.52 bits per heavy atom. The van der Waals surface area contributed by atoms with Gasteiger partial charge in [-0.05, 0) is 49.2 Å². The van der Waals surface area contributed by atoms with Gasteiger partial charge in [0.15, 0.2) is 11.5 Å². The lowest BCUT2D eigenvalue weighted by Crippen LogP contribution is -2.26. The number of nitrogens with one attached hydrogen (secondary N) is 2. The molecule has 0 saturated carbocycles. The first-order chi connectivity index (χ1) is 12.0. The van der Waals surface area contributed by atoms with E-state index in [1.807, 2.05) is 32.0 Å². The Morgan fingerprint density at radius 1 is 1.08 bits per heavy atom. The van der Waals surface area contributed by atoms with Crippen LogP contribution in [0.3, 0.4) is 0 Å². The fraction of sp³-hybridized carbons (Fsp3) is 0.263. The van der Waals surface area contributed by atoms with E-state index < -0.39 is 0 Å². The Balaban J connectivity index is 1.88. The van der Waals surface area contributed by atoms with Crippen LogP contribution in [0, 0.1) is 13.8 Å². The van der Waals surface area contributed by atoms with Crippen molar-refractivity contribution >= 4 is 17.8 Å². The molecule has 0 saturated heterocycles. The highest BCUT2D eigenvalue weighted by Gasteiger charge is 2.04. The van der Waals surface area contributed by atoms with Crippen molar-refractivity contribution in [1.29, 1.82) is 0 Å². The van der Waals surface area contributed by atoms with Gasteiger partial charge in [0, 0.05) is 5.69 Å². The van der Waals surface area contributed by atoms with Gasteiger partial charge in [0.1, 0.15) is 0 Å². The van der Waals surface area contributed by atoms with Crippen LogP contribution in [-0.4, -0.2) is 32.9 Å². The second-order valence-electron chi connectivity index (χ2n) is 5.58. The van der Waals surface area contributed by atoms with Gasteiger partial charge in [-0.15, -0.1) is 0 Å². The number of anilines is 1. The maximum absolute atomic E-state index is 11.9. The van der Waals surface area contributed by atoms with E-state index in [1.54, 1.807) is 32.6 Å². The molecule has 2 N–H and O–H groups in total. The average Bonchev–Trinajstić information content (AvgIpc) is 2.60. The van der Waals surface area contributed by atoms with Gasteiger partial charge >= 0.3 is 0 Å². The Morgan fingerprint density at radius 2 is 1.84 bits per heavy atom. The first-order valence-electron chi connectivity index (χ1n) is 7.88. The number of hydrogen-bond donors (Lipinski definition) is 2. The molecule has 6 heteroatoms. The molecule has 0 aliphatic rings. The molecule has 132 valence electrons. The Labute approximate surface area is 147 Å². The number of carbonyl (C=O) groups excluding carboxylic acids is 1. The molecular formula is C19H23N3O3. The summed E-state index contributed by atoms with van der Waals surface area (Å²) in [4.78, 5) is 11.9. The second kappa shape index (κ2) is 8.73. The molecule has 0 aliphatic heterocycles. The molecule has 0 unspecified atom stereocenters. The number of amides is 1. The molecular weight excluding hydrogens is 318 g/mol. The van der Waals surface area contributed by atoms with E-state index in [4.69, 9.17) is 9.47 Å². The van der Waals surface area contributed by atoms with Crippen LogP contribution in [0.1, 0.15) is 16.7 Å². The van der Waals surface area contributed by atoms with E-state index in [-0.39, 0.29) is 12.5 Å². The predicted molar refractivity (Wildman–Crippen MR) is 99.7 cm³/mol. The van der Waals surface area contributed by atoms with E-state index in [9.17, 15) is 4.79 Å². The molecule has 0 atom stereocenters. The van der Waals surface area contributed by atoms with Crippen LogP contribution < -0.4 is 20.2 Å². The van der Waals surface area contributed by atoms with Crippen LogP contribution in [0.2, 0.25) is 0 Å². The summed E-state index contributed by atoms with van der Waals surface area (Å²) in [5.41, 5.74) is 6.51. The maximum Gasteiger partial charge on any atom is 0.259 e. The van der Waals surface area contributed by atoms with Crippen molar-refractivity contribution in [2.75, 3.05) is 26.1 Å². The third kappa shape index (κ3) is 5.24. The van der Waals surface area contributed by atoms with Crippen LogP contribution in [0.4, 0.5) is 5.69 Å². The normalized spacial score (nSPS) is 10.6. The van der Waals surface area contributed by atoms with Crippen LogP contribution in [0.5, 0.6) is 11.5 Å². The summed E-state index contributed by atoms with van der Waals surface area (Å²) in [5.74, 6) is 1.02. The van der Waals surface area contributed by atoms with Crippen LogP contribution in [-0.2, 0) is 4.79 Å². The lowest BCUT2D eigenvalue weighted by Gasteiger charge is -2.09. The number of ether oxygens (including phenoxy) is 2. The molecule has 0 bridgehead atoms. The molecule has 0 spiro atoms. The highest BCUT2D eigenvalue weighted by Crippen LogP contribution is 2.26. The minimum absolute atomic E-state index is 0.146. The fourth-order valence-electron chi connectivity index (χ4n) is 2.34. The zero-order chi connectivity index (χ0) is 18.2. The Bertz CT molecular complexity index is 773. The number of carbonyl (C=O) groups is 1. The van der Waals surface area contributed by atoms with Gasteiger partial charge in [-0.1, -0.05) is 17.7 Å². The van der Waals surface area contributed by atoms with E-state index >= 15 is 0 Å². The molecule has 6 nitrogen and oxygen atoms in total. The zero-order valence-electron chi connectivity index (χ0n) is 14.9. The van der Waals surface area contributed by atoms with Gasteiger partial charge in [-0.25, -0.2) is 5.43 Å². The summed E-state index contributed by atoms with van der Waals surface area (Å²) >= 11 is 0. The number of methoxy groups -OCH3 is 2. The zero-order valence-corrected chi connectivity index (χ0v) is 14.9. The van der Waals surface area contributed by atoms with Crippen molar-refractivity contribution in [3.63, 3.8) is 0 Å². The number of rotatable bonds is 7. The van der Waals surface area contributed by atoms with Gasteiger partial charge in [0.05, 0.1) is 27.0 Å². The summed E-state index contributed by atoms with van der Waals surface area (Å²) in [6.07, 6.45) is 1.55. The topological polar surface area (TPSA) is 72.0 Å². The first kappa shape index (κ1) is 18.3. The predicted octanol–water partition coefficient (Wildman–Crippen LogP) is 2.88. The SMILES string of the molecule is COc1ccc(C=NNC(=O)CNc2ccc(C)cc2C)cc1OC. The lowest BCUT2D eigenvalue weighted by atomic mass is 10.1. The lowest BCUT2D eigenvalue weighted by molar-refractivity contribution is -0.119. The number of aryl methyl sites for hydroxylation is 2. The average molecular weight is 341 g/mol. The Kier molecular flexibility index (Phi) is 6.39. The number of nitrogens with zero attached hydrogens (tertiary/aromatic N) is 1. The Hall–Kier alpha value is -3.02. The highest BCUT2D eigenvalue weighted by atomic mass is 16.5. The number of hydrogen-bond acceptors (Lipinski definition) is 5. The summed E-state index contributed by atoms with van der Waals surface area (Å²) in [6, 6.07) is 11.4. The van der Waals surface area contributed by atoms with Crippen molar-refractivity contribution in [3.8, 4) is 11.5 Å². The third-order valence-electron chi connectivity index (χ3n) is 3.63. The van der Waals surface area contributed by atoms with E-state index in [1.165, 1.54) is 5.56 Å². The minimum atomic E-state index is -0.225. The third-order valence-corrected chi connectivity index (χ3v) is 3.63. The molecule has 2 aromatic carbocycles. The van der Waals surface area contributed by atoms with Crippen molar-refractivity contribution in [2.24, 2.45) is 5.10 Å². The van der Waals surface area contributed by atoms with E-state index in [2.05, 4.69) is 21.9 Å². The van der Waals surface area contributed by atoms with Crippen LogP contribution in [0.25, 0.3) is 0 Å². The summed E-state index contributed by atoms with van der Waals surface area (Å²) in [7, 11) is 3.15. The van der Waals surface area contributed by atoms with Crippen LogP contribution in [0.15, 0.2) is 41.5 Å². The molecule has 2 rings (SSSR count). The van der Waals surface area contributed by atoms with Gasteiger partial charge in [-0.3, -0.25) is 4.79 Å². The largest absolute Gasteiger partial charge is 0.493 e. The van der Waals surface area contributed by atoms with Gasteiger partial charge in [0.2, 0.25) is 0 Å². The van der Waals surface area contributed by atoms with Crippen molar-refractivity contribution in [3.05, 3.63) is 53.1 Å². The van der Waals surface area contributed by atoms with Gasteiger partial charge in [0.25, 0.3) is 5.91 Å². The fourth-order valence-corrected chi connectivity index (χ4v) is 2.34. The summed E-state index contributed by atoms with van der Waals surface area (Å²) in [6.45, 7) is 4.18. The number of hydrazone groups is 1.